The number of halogens is 3. The fraction of sp³-hybridized carbons (Fsp3) is 0.419. The molecule has 4 heterocycles. The number of pyridine rings is 1. The first-order valence-electron chi connectivity index (χ1n) is 14.6. The Labute approximate surface area is 251 Å². The SMILES string of the molecule is COC/C=C/C(=O)N1CCc2nn(-c3ccc(C4CCC4)cc3O)c3c2C(C1)N(C(=O)c1cnc(C(F)(F)F)cc1N)CC3. The van der Waals surface area contributed by atoms with E-state index < -0.39 is 23.8 Å². The highest BCUT2D eigenvalue weighted by atomic mass is 19.4. The van der Waals surface area contributed by atoms with Crippen molar-refractivity contribution in [2.75, 3.05) is 39.1 Å². The minimum Gasteiger partial charge on any atom is -0.506 e. The van der Waals surface area contributed by atoms with Gasteiger partial charge in [0.1, 0.15) is 17.1 Å². The number of carbonyl (C=O) groups excluding carboxylic acids is 2. The molecule has 0 spiro atoms. The quantitative estimate of drug-likeness (QED) is 0.401. The number of nitrogen functional groups attached to an aromatic ring is 1. The van der Waals surface area contributed by atoms with Crippen molar-refractivity contribution in [1.82, 2.24) is 24.6 Å². The number of amides is 2. The molecule has 1 unspecified atom stereocenters. The van der Waals surface area contributed by atoms with Crippen LogP contribution in [0, 0.1) is 0 Å². The van der Waals surface area contributed by atoms with E-state index in [4.69, 9.17) is 15.6 Å². The van der Waals surface area contributed by atoms with Gasteiger partial charge in [-0.2, -0.15) is 18.3 Å². The van der Waals surface area contributed by atoms with Crippen LogP contribution < -0.4 is 5.73 Å². The summed E-state index contributed by atoms with van der Waals surface area (Å²) in [5.41, 5.74) is 8.15. The number of aromatic hydroxyl groups is 1. The summed E-state index contributed by atoms with van der Waals surface area (Å²) in [5.74, 6) is -0.295. The van der Waals surface area contributed by atoms with Gasteiger partial charge in [0.25, 0.3) is 5.91 Å². The summed E-state index contributed by atoms with van der Waals surface area (Å²) >= 11 is 0. The lowest BCUT2D eigenvalue weighted by atomic mass is 9.80. The number of methoxy groups -OCH3 is 1. The molecule has 3 N–H and O–H groups in total. The van der Waals surface area contributed by atoms with Gasteiger partial charge in [-0.25, -0.2) is 4.68 Å². The summed E-state index contributed by atoms with van der Waals surface area (Å²) in [7, 11) is 1.52. The maximum absolute atomic E-state index is 13.9. The van der Waals surface area contributed by atoms with E-state index in [1.807, 2.05) is 12.1 Å². The number of hydrogen-bond acceptors (Lipinski definition) is 7. The third-order valence-corrected chi connectivity index (χ3v) is 8.77. The molecular formula is C31H33F3N6O4. The number of rotatable bonds is 6. The minimum absolute atomic E-state index is 0.113. The predicted octanol–water partition coefficient (Wildman–Crippen LogP) is 4.17. The number of benzene rings is 1. The number of ether oxygens (including phenoxy) is 1. The molecule has 0 radical (unpaired) electrons. The van der Waals surface area contributed by atoms with Crippen LogP contribution in [0.1, 0.15) is 69.8 Å². The van der Waals surface area contributed by atoms with Crippen LogP contribution >= 0.6 is 0 Å². The van der Waals surface area contributed by atoms with E-state index in [1.54, 1.807) is 21.7 Å². The summed E-state index contributed by atoms with van der Waals surface area (Å²) in [6.45, 7) is 0.904. The molecule has 1 atom stereocenters. The van der Waals surface area contributed by atoms with Crippen molar-refractivity contribution in [1.29, 1.82) is 0 Å². The molecule has 6 rings (SSSR count). The summed E-state index contributed by atoms with van der Waals surface area (Å²) in [5, 5.41) is 15.9. The van der Waals surface area contributed by atoms with E-state index in [-0.39, 0.29) is 42.6 Å². The minimum atomic E-state index is -4.71. The van der Waals surface area contributed by atoms with Crippen molar-refractivity contribution in [2.45, 2.75) is 50.2 Å². The first-order valence-corrected chi connectivity index (χ1v) is 14.6. The Morgan fingerprint density at radius 3 is 2.64 bits per heavy atom. The lowest BCUT2D eigenvalue weighted by molar-refractivity contribution is -0.141. The average molecular weight is 611 g/mol. The highest BCUT2D eigenvalue weighted by Crippen LogP contribution is 2.42. The predicted molar refractivity (Wildman–Crippen MR) is 154 cm³/mol. The van der Waals surface area contributed by atoms with Gasteiger partial charge in [0.05, 0.1) is 29.6 Å². The van der Waals surface area contributed by atoms with Gasteiger partial charge in [0, 0.05) is 63.1 Å². The summed E-state index contributed by atoms with van der Waals surface area (Å²) in [6, 6.07) is 5.68. The maximum atomic E-state index is 13.9. The summed E-state index contributed by atoms with van der Waals surface area (Å²) in [4.78, 5) is 33.6. The lowest BCUT2D eigenvalue weighted by Gasteiger charge is -2.38. The molecule has 2 aromatic heterocycles. The third kappa shape index (κ3) is 5.40. The number of carbonyl (C=O) groups is 2. The monoisotopic (exact) mass is 610 g/mol. The molecule has 2 amide bonds. The largest absolute Gasteiger partial charge is 0.506 e. The smallest absolute Gasteiger partial charge is 0.433 e. The normalized spacial score (nSPS) is 18.7. The fourth-order valence-corrected chi connectivity index (χ4v) is 6.26. The third-order valence-electron chi connectivity index (χ3n) is 8.77. The molecule has 1 saturated carbocycles. The van der Waals surface area contributed by atoms with E-state index in [0.29, 0.717) is 42.8 Å². The van der Waals surface area contributed by atoms with Gasteiger partial charge in [0.2, 0.25) is 5.91 Å². The van der Waals surface area contributed by atoms with E-state index in [0.717, 1.165) is 35.9 Å². The number of aromatic nitrogens is 3. The summed E-state index contributed by atoms with van der Waals surface area (Å²) < 4.78 is 46.4. The van der Waals surface area contributed by atoms with E-state index >= 15 is 0 Å². The van der Waals surface area contributed by atoms with Gasteiger partial charge in [-0.15, -0.1) is 0 Å². The van der Waals surface area contributed by atoms with Crippen LogP contribution in [0.25, 0.3) is 5.69 Å². The number of anilines is 1. The molecule has 1 aromatic carbocycles. The van der Waals surface area contributed by atoms with Gasteiger partial charge in [-0.05, 0) is 42.5 Å². The Morgan fingerprint density at radius 2 is 1.98 bits per heavy atom. The van der Waals surface area contributed by atoms with Crippen molar-refractivity contribution in [3.63, 3.8) is 0 Å². The molecule has 232 valence electrons. The Kier molecular flexibility index (Phi) is 7.82. The fourth-order valence-electron chi connectivity index (χ4n) is 6.26. The summed E-state index contributed by atoms with van der Waals surface area (Å²) in [6.07, 6.45) is 3.31. The second-order valence-corrected chi connectivity index (χ2v) is 11.4. The zero-order valence-electron chi connectivity index (χ0n) is 24.2. The number of phenols is 1. The van der Waals surface area contributed by atoms with Crippen LogP contribution in [0.2, 0.25) is 0 Å². The molecule has 1 aliphatic carbocycles. The Morgan fingerprint density at radius 1 is 1.18 bits per heavy atom. The van der Waals surface area contributed by atoms with Gasteiger partial charge < -0.3 is 25.4 Å². The molecule has 10 nitrogen and oxygen atoms in total. The number of nitrogens with zero attached hydrogens (tertiary/aromatic N) is 5. The van der Waals surface area contributed by atoms with Crippen LogP contribution in [-0.2, 0) is 28.5 Å². The van der Waals surface area contributed by atoms with E-state index in [1.165, 1.54) is 24.5 Å². The molecule has 13 heteroatoms. The molecule has 3 aromatic rings. The molecule has 0 saturated heterocycles. The van der Waals surface area contributed by atoms with Crippen molar-refractivity contribution in [3.05, 3.63) is 76.4 Å². The van der Waals surface area contributed by atoms with Crippen LogP contribution in [0.4, 0.5) is 18.9 Å². The van der Waals surface area contributed by atoms with Gasteiger partial charge in [-0.3, -0.25) is 14.6 Å². The standard InChI is InChI=1S/C31H33F3N6O4/c1-44-13-3-6-28(42)38-11-9-22-29-24(40(37-22)23-8-7-19(14-26(23)41)18-4-2-5-18)10-12-39(25(29)17-38)30(43)20-16-36-27(15-21(20)35)31(32,33)34/h3,6-8,14-16,18,25,41H,2,4-5,9-13,17H2,1H3,(H2,35,36)/b6-3+. The van der Waals surface area contributed by atoms with Crippen molar-refractivity contribution < 1.29 is 32.6 Å². The second-order valence-electron chi connectivity index (χ2n) is 11.4. The molecule has 1 fully saturated rings. The topological polar surface area (TPSA) is 127 Å². The number of phenolic OH excluding ortho intramolecular Hbond substituents is 1. The van der Waals surface area contributed by atoms with Crippen LogP contribution in [0.5, 0.6) is 5.75 Å². The van der Waals surface area contributed by atoms with Gasteiger partial charge >= 0.3 is 6.18 Å². The maximum Gasteiger partial charge on any atom is 0.433 e. The van der Waals surface area contributed by atoms with Crippen LogP contribution in [0.15, 0.2) is 42.6 Å². The second kappa shape index (κ2) is 11.6. The van der Waals surface area contributed by atoms with Crippen LogP contribution in [-0.4, -0.2) is 74.8 Å². The van der Waals surface area contributed by atoms with Gasteiger partial charge in [-0.1, -0.05) is 18.6 Å². The highest BCUT2D eigenvalue weighted by Gasteiger charge is 2.41. The van der Waals surface area contributed by atoms with Gasteiger partial charge in [0.15, 0.2) is 0 Å². The lowest BCUT2D eigenvalue weighted by Crippen LogP contribution is -2.46. The molecule has 44 heavy (non-hydrogen) atoms. The van der Waals surface area contributed by atoms with E-state index in [2.05, 4.69) is 4.98 Å². The zero-order valence-corrected chi connectivity index (χ0v) is 24.2. The first-order chi connectivity index (χ1) is 21.1. The Balaban J connectivity index is 1.38. The first kappa shape index (κ1) is 29.7. The van der Waals surface area contributed by atoms with Crippen molar-refractivity contribution >= 4 is 17.5 Å². The molecular weight excluding hydrogens is 577 g/mol. The average Bonchev–Trinajstić information content (AvgIpc) is 3.20. The number of nitrogens with two attached hydrogens (primary N) is 1. The number of hydrogen-bond donors (Lipinski definition) is 2. The number of alkyl halides is 3. The highest BCUT2D eigenvalue weighted by molar-refractivity contribution is 5.99. The Hall–Kier alpha value is -4.39. The van der Waals surface area contributed by atoms with Crippen molar-refractivity contribution in [2.24, 2.45) is 0 Å². The molecule has 0 bridgehead atoms. The van der Waals surface area contributed by atoms with Crippen LogP contribution in [0.3, 0.4) is 0 Å². The van der Waals surface area contributed by atoms with E-state index in [9.17, 15) is 27.9 Å². The molecule has 2 aliphatic heterocycles. The Bertz CT molecular complexity index is 1630. The molecule has 3 aliphatic rings. The zero-order chi connectivity index (χ0) is 31.2. The van der Waals surface area contributed by atoms with Crippen molar-refractivity contribution in [3.8, 4) is 11.4 Å².